The molecular weight excluding hydrogens is 300 g/mol. The highest BCUT2D eigenvalue weighted by atomic mass is 16.1. The van der Waals surface area contributed by atoms with Crippen LogP contribution in [0, 0.1) is 13.8 Å². The van der Waals surface area contributed by atoms with Crippen LogP contribution in [0.2, 0.25) is 0 Å². The van der Waals surface area contributed by atoms with Crippen molar-refractivity contribution in [3.05, 3.63) is 53.3 Å². The van der Waals surface area contributed by atoms with Crippen molar-refractivity contribution in [3.63, 3.8) is 0 Å². The SMILES string of the molecule is CCC(C)NC(=O)c1cnn2c(-c3ccc(C)c(C)c3)ccnc12. The predicted molar refractivity (Wildman–Crippen MR) is 95.1 cm³/mol. The Morgan fingerprint density at radius 1 is 1.25 bits per heavy atom. The molecule has 0 aliphatic rings. The molecule has 2 heterocycles. The largest absolute Gasteiger partial charge is 0.349 e. The molecule has 1 unspecified atom stereocenters. The lowest BCUT2D eigenvalue weighted by atomic mass is 10.0. The van der Waals surface area contributed by atoms with Crippen molar-refractivity contribution < 1.29 is 4.79 Å². The number of aromatic nitrogens is 3. The van der Waals surface area contributed by atoms with Gasteiger partial charge in [0.05, 0.1) is 11.9 Å². The quantitative estimate of drug-likeness (QED) is 0.799. The molecule has 3 rings (SSSR count). The van der Waals surface area contributed by atoms with Gasteiger partial charge in [-0.05, 0) is 50.5 Å². The fourth-order valence-corrected chi connectivity index (χ4v) is 2.57. The van der Waals surface area contributed by atoms with Crippen LogP contribution in [0.4, 0.5) is 0 Å². The Hall–Kier alpha value is -2.69. The highest BCUT2D eigenvalue weighted by Gasteiger charge is 2.17. The number of hydrogen-bond acceptors (Lipinski definition) is 3. The van der Waals surface area contributed by atoms with E-state index in [1.165, 1.54) is 11.1 Å². The molecule has 1 atom stereocenters. The second kappa shape index (κ2) is 6.43. The van der Waals surface area contributed by atoms with Gasteiger partial charge in [-0.1, -0.05) is 19.1 Å². The topological polar surface area (TPSA) is 59.3 Å². The van der Waals surface area contributed by atoms with E-state index in [9.17, 15) is 4.79 Å². The molecule has 24 heavy (non-hydrogen) atoms. The molecule has 0 aliphatic carbocycles. The number of hydrogen-bond donors (Lipinski definition) is 1. The van der Waals surface area contributed by atoms with Gasteiger partial charge in [0, 0.05) is 17.8 Å². The number of nitrogens with one attached hydrogen (secondary N) is 1. The van der Waals surface area contributed by atoms with Gasteiger partial charge in [-0.2, -0.15) is 5.10 Å². The summed E-state index contributed by atoms with van der Waals surface area (Å²) in [4.78, 5) is 16.8. The second-order valence-corrected chi connectivity index (χ2v) is 6.21. The van der Waals surface area contributed by atoms with Crippen LogP contribution in [0.1, 0.15) is 41.8 Å². The molecule has 1 aromatic carbocycles. The first kappa shape index (κ1) is 16.2. The Morgan fingerprint density at radius 2 is 2.04 bits per heavy atom. The zero-order chi connectivity index (χ0) is 17.3. The van der Waals surface area contributed by atoms with Gasteiger partial charge >= 0.3 is 0 Å². The monoisotopic (exact) mass is 322 g/mol. The first-order valence-electron chi connectivity index (χ1n) is 8.22. The number of benzene rings is 1. The first-order chi connectivity index (χ1) is 11.5. The van der Waals surface area contributed by atoms with Crippen molar-refractivity contribution in [1.82, 2.24) is 19.9 Å². The van der Waals surface area contributed by atoms with E-state index in [0.29, 0.717) is 11.2 Å². The third-order valence-corrected chi connectivity index (χ3v) is 4.44. The molecule has 1 amide bonds. The van der Waals surface area contributed by atoms with Gasteiger partial charge in [-0.15, -0.1) is 0 Å². The predicted octanol–water partition coefficient (Wildman–Crippen LogP) is 3.54. The summed E-state index contributed by atoms with van der Waals surface area (Å²) in [6, 6.07) is 8.33. The minimum Gasteiger partial charge on any atom is -0.349 e. The van der Waals surface area contributed by atoms with Gasteiger partial charge < -0.3 is 5.32 Å². The lowest BCUT2D eigenvalue weighted by Gasteiger charge is -2.10. The van der Waals surface area contributed by atoms with Crippen LogP contribution in [-0.4, -0.2) is 26.5 Å². The van der Waals surface area contributed by atoms with Crippen LogP contribution in [-0.2, 0) is 0 Å². The molecule has 2 aromatic heterocycles. The minimum atomic E-state index is -0.135. The molecule has 0 aliphatic heterocycles. The Labute approximate surface area is 141 Å². The summed E-state index contributed by atoms with van der Waals surface area (Å²) >= 11 is 0. The van der Waals surface area contributed by atoms with Crippen molar-refractivity contribution in [3.8, 4) is 11.3 Å². The van der Waals surface area contributed by atoms with E-state index in [-0.39, 0.29) is 11.9 Å². The fraction of sp³-hybridized carbons (Fsp3) is 0.316. The zero-order valence-corrected chi connectivity index (χ0v) is 14.5. The summed E-state index contributed by atoms with van der Waals surface area (Å²) in [7, 11) is 0. The molecule has 3 aromatic rings. The summed E-state index contributed by atoms with van der Waals surface area (Å²) in [5.74, 6) is -0.135. The summed E-state index contributed by atoms with van der Waals surface area (Å²) in [6.07, 6.45) is 4.19. The number of rotatable bonds is 4. The van der Waals surface area contributed by atoms with Crippen LogP contribution >= 0.6 is 0 Å². The molecule has 0 bridgehead atoms. The van der Waals surface area contributed by atoms with Gasteiger partial charge in [0.1, 0.15) is 5.56 Å². The van der Waals surface area contributed by atoms with Gasteiger partial charge in [0.25, 0.3) is 5.91 Å². The lowest BCUT2D eigenvalue weighted by molar-refractivity contribution is 0.0940. The molecule has 124 valence electrons. The van der Waals surface area contributed by atoms with Crippen molar-refractivity contribution >= 4 is 11.6 Å². The summed E-state index contributed by atoms with van der Waals surface area (Å²) in [5.41, 5.74) is 5.53. The average molecular weight is 322 g/mol. The molecule has 1 N–H and O–H groups in total. The van der Waals surface area contributed by atoms with Crippen LogP contribution in [0.25, 0.3) is 16.9 Å². The van der Waals surface area contributed by atoms with E-state index in [0.717, 1.165) is 17.7 Å². The average Bonchev–Trinajstić information content (AvgIpc) is 3.01. The fourth-order valence-electron chi connectivity index (χ4n) is 2.57. The number of carbonyl (C=O) groups is 1. The van der Waals surface area contributed by atoms with E-state index in [2.05, 4.69) is 47.4 Å². The first-order valence-corrected chi connectivity index (χ1v) is 8.22. The normalized spacial score (nSPS) is 12.3. The zero-order valence-electron chi connectivity index (χ0n) is 14.5. The molecular formula is C19H22N4O. The number of aryl methyl sites for hydroxylation is 2. The Bertz CT molecular complexity index is 898. The van der Waals surface area contributed by atoms with Crippen molar-refractivity contribution in [1.29, 1.82) is 0 Å². The summed E-state index contributed by atoms with van der Waals surface area (Å²) in [5, 5.41) is 7.36. The minimum absolute atomic E-state index is 0.121. The molecule has 0 fully saturated rings. The number of amides is 1. The van der Waals surface area contributed by atoms with Crippen LogP contribution in [0.3, 0.4) is 0 Å². The maximum Gasteiger partial charge on any atom is 0.256 e. The van der Waals surface area contributed by atoms with Gasteiger partial charge in [-0.3, -0.25) is 4.79 Å². The maximum absolute atomic E-state index is 12.4. The Balaban J connectivity index is 2.06. The molecule has 5 nitrogen and oxygen atoms in total. The van der Waals surface area contributed by atoms with Crippen LogP contribution < -0.4 is 5.32 Å². The number of carbonyl (C=O) groups excluding carboxylic acids is 1. The molecule has 0 saturated carbocycles. The van der Waals surface area contributed by atoms with Gasteiger partial charge in [-0.25, -0.2) is 9.50 Å². The van der Waals surface area contributed by atoms with Gasteiger partial charge in [0.15, 0.2) is 5.65 Å². The van der Waals surface area contributed by atoms with Crippen molar-refractivity contribution in [2.45, 2.75) is 40.2 Å². The molecule has 5 heteroatoms. The molecule has 0 spiro atoms. The van der Waals surface area contributed by atoms with Crippen molar-refractivity contribution in [2.24, 2.45) is 0 Å². The van der Waals surface area contributed by atoms with E-state index < -0.39 is 0 Å². The third-order valence-electron chi connectivity index (χ3n) is 4.44. The standard InChI is InChI=1S/C19H22N4O/c1-5-14(4)22-19(24)16-11-21-23-17(8-9-20-18(16)23)15-7-6-12(2)13(3)10-15/h6-11,14H,5H2,1-4H3,(H,22,24). The molecule has 0 saturated heterocycles. The Kier molecular flexibility index (Phi) is 4.34. The van der Waals surface area contributed by atoms with E-state index in [1.807, 2.05) is 19.9 Å². The highest BCUT2D eigenvalue weighted by Crippen LogP contribution is 2.23. The second-order valence-electron chi connectivity index (χ2n) is 6.21. The maximum atomic E-state index is 12.4. The van der Waals surface area contributed by atoms with Crippen molar-refractivity contribution in [2.75, 3.05) is 0 Å². The summed E-state index contributed by atoms with van der Waals surface area (Å²) < 4.78 is 1.73. The highest BCUT2D eigenvalue weighted by molar-refractivity contribution is 6.00. The van der Waals surface area contributed by atoms with Crippen LogP contribution in [0.5, 0.6) is 0 Å². The molecule has 0 radical (unpaired) electrons. The third kappa shape index (κ3) is 2.89. The number of fused-ring (bicyclic) bond motifs is 1. The number of nitrogens with zero attached hydrogens (tertiary/aromatic N) is 3. The van der Waals surface area contributed by atoms with E-state index in [4.69, 9.17) is 0 Å². The van der Waals surface area contributed by atoms with E-state index >= 15 is 0 Å². The van der Waals surface area contributed by atoms with Gasteiger partial charge in [0.2, 0.25) is 0 Å². The smallest absolute Gasteiger partial charge is 0.256 e. The lowest BCUT2D eigenvalue weighted by Crippen LogP contribution is -2.31. The Morgan fingerprint density at radius 3 is 2.75 bits per heavy atom. The summed E-state index contributed by atoms with van der Waals surface area (Å²) in [6.45, 7) is 8.20. The van der Waals surface area contributed by atoms with Crippen LogP contribution in [0.15, 0.2) is 36.7 Å². The van der Waals surface area contributed by atoms with E-state index in [1.54, 1.807) is 16.9 Å².